The summed E-state index contributed by atoms with van der Waals surface area (Å²) < 4.78 is 1.78. The molecule has 0 atom stereocenters. The van der Waals surface area contributed by atoms with Gasteiger partial charge in [-0.3, -0.25) is 4.79 Å². The molecular formula is C12H11ClN2OS3. The molecule has 2 aromatic rings. The van der Waals surface area contributed by atoms with Gasteiger partial charge >= 0.3 is 0 Å². The van der Waals surface area contributed by atoms with Crippen LogP contribution in [0, 0.1) is 0 Å². The fourth-order valence-electron chi connectivity index (χ4n) is 1.28. The van der Waals surface area contributed by atoms with E-state index >= 15 is 0 Å². The third kappa shape index (κ3) is 4.49. The molecular weight excluding hydrogens is 320 g/mol. The summed E-state index contributed by atoms with van der Waals surface area (Å²) in [5.41, 5.74) is 0.671. The number of carbonyl (C=O) groups excluding carboxylic acids is 1. The molecule has 0 aliphatic rings. The first-order chi connectivity index (χ1) is 9.19. The molecule has 0 radical (unpaired) electrons. The van der Waals surface area contributed by atoms with Crippen LogP contribution in [0.3, 0.4) is 0 Å². The number of rotatable bonds is 6. The van der Waals surface area contributed by atoms with Crippen molar-refractivity contribution in [1.29, 1.82) is 0 Å². The summed E-state index contributed by atoms with van der Waals surface area (Å²) in [7, 11) is 0. The summed E-state index contributed by atoms with van der Waals surface area (Å²) >= 11 is 10.4. The van der Waals surface area contributed by atoms with E-state index in [0.29, 0.717) is 16.3 Å². The molecule has 0 aliphatic heterocycles. The molecule has 0 aliphatic carbocycles. The van der Waals surface area contributed by atoms with Crippen molar-refractivity contribution in [2.24, 2.45) is 0 Å². The normalized spacial score (nSPS) is 10.6. The quantitative estimate of drug-likeness (QED) is 0.584. The number of ketones is 1. The van der Waals surface area contributed by atoms with Crippen molar-refractivity contribution in [1.82, 2.24) is 10.2 Å². The highest BCUT2D eigenvalue weighted by atomic mass is 35.5. The maximum Gasteiger partial charge on any atom is 0.175 e. The summed E-state index contributed by atoms with van der Waals surface area (Å²) in [6.07, 6.45) is 0. The fourth-order valence-corrected chi connectivity index (χ4v) is 4.22. The molecule has 100 valence electrons. The van der Waals surface area contributed by atoms with E-state index in [1.165, 1.54) is 23.1 Å². The first kappa shape index (κ1) is 14.8. The molecule has 0 fully saturated rings. The molecule has 1 aromatic heterocycles. The minimum absolute atomic E-state index is 0.0709. The highest BCUT2D eigenvalue weighted by Gasteiger charge is 2.10. The Balaban J connectivity index is 1.90. The van der Waals surface area contributed by atoms with Crippen LogP contribution in [0.15, 0.2) is 32.9 Å². The number of Topliss-reactive ketones (excluding diaryl/α,β-unsaturated/α-hetero) is 1. The highest BCUT2D eigenvalue weighted by Crippen LogP contribution is 2.28. The van der Waals surface area contributed by atoms with E-state index in [1.807, 2.05) is 0 Å². The molecule has 7 heteroatoms. The van der Waals surface area contributed by atoms with E-state index in [-0.39, 0.29) is 5.78 Å². The zero-order chi connectivity index (χ0) is 13.7. The van der Waals surface area contributed by atoms with E-state index in [1.54, 1.807) is 36.0 Å². The number of hydrogen-bond donors (Lipinski definition) is 0. The molecule has 0 amide bonds. The summed E-state index contributed by atoms with van der Waals surface area (Å²) in [6.45, 7) is 2.07. The Morgan fingerprint density at radius 3 is 2.47 bits per heavy atom. The summed E-state index contributed by atoms with van der Waals surface area (Å²) in [5, 5.41) is 8.74. The first-order valence-corrected chi connectivity index (χ1v) is 8.73. The lowest BCUT2D eigenvalue weighted by Crippen LogP contribution is -2.01. The number of nitrogens with zero attached hydrogens (tertiary/aromatic N) is 2. The van der Waals surface area contributed by atoms with Crippen molar-refractivity contribution < 1.29 is 4.79 Å². The Morgan fingerprint density at radius 2 is 1.84 bits per heavy atom. The average Bonchev–Trinajstić information content (AvgIpc) is 2.85. The fraction of sp³-hybridized carbons (Fsp3) is 0.250. The van der Waals surface area contributed by atoms with Crippen LogP contribution in [-0.2, 0) is 0 Å². The Labute approximate surface area is 129 Å². The van der Waals surface area contributed by atoms with Gasteiger partial charge in [0, 0.05) is 10.6 Å². The molecule has 0 bridgehead atoms. The van der Waals surface area contributed by atoms with Gasteiger partial charge in [-0.15, -0.1) is 10.2 Å². The molecule has 19 heavy (non-hydrogen) atoms. The standard InChI is InChI=1S/C12H11ClN2OS3/c1-2-17-11-14-15-12(19-11)18-7-10(16)8-3-5-9(13)6-4-8/h3-6H,2,7H2,1H3. The smallest absolute Gasteiger partial charge is 0.175 e. The summed E-state index contributed by atoms with van der Waals surface area (Å²) in [6, 6.07) is 6.92. The molecule has 3 nitrogen and oxygen atoms in total. The molecule has 0 spiro atoms. The Bertz CT molecular complexity index is 556. The molecule has 2 rings (SSSR count). The number of benzene rings is 1. The van der Waals surface area contributed by atoms with Crippen molar-refractivity contribution in [2.45, 2.75) is 15.6 Å². The molecule has 1 heterocycles. The van der Waals surface area contributed by atoms with E-state index in [0.717, 1.165) is 14.4 Å². The predicted molar refractivity (Wildman–Crippen MR) is 82.8 cm³/mol. The molecule has 0 unspecified atom stereocenters. The van der Waals surface area contributed by atoms with Crippen molar-refractivity contribution in [3.63, 3.8) is 0 Å². The van der Waals surface area contributed by atoms with Gasteiger partial charge in [-0.2, -0.15) is 0 Å². The van der Waals surface area contributed by atoms with Gasteiger partial charge in [0.2, 0.25) is 0 Å². The van der Waals surface area contributed by atoms with Crippen molar-refractivity contribution in [3.8, 4) is 0 Å². The number of carbonyl (C=O) groups is 1. The molecule has 1 aromatic carbocycles. The van der Waals surface area contributed by atoms with Crippen LogP contribution in [-0.4, -0.2) is 27.5 Å². The monoisotopic (exact) mass is 330 g/mol. The lowest BCUT2D eigenvalue weighted by Gasteiger charge is -1.99. The lowest BCUT2D eigenvalue weighted by molar-refractivity contribution is 0.102. The molecule has 0 N–H and O–H groups in total. The SMILES string of the molecule is CCSc1nnc(SCC(=O)c2ccc(Cl)cc2)s1. The maximum absolute atomic E-state index is 11.9. The second kappa shape index (κ2) is 7.28. The number of halogens is 1. The highest BCUT2D eigenvalue weighted by molar-refractivity contribution is 8.03. The Hall–Kier alpha value is -0.560. The van der Waals surface area contributed by atoms with Crippen LogP contribution in [0.1, 0.15) is 17.3 Å². The van der Waals surface area contributed by atoms with Crippen LogP contribution in [0.4, 0.5) is 0 Å². The summed E-state index contributed by atoms with van der Waals surface area (Å²) in [4.78, 5) is 11.9. The molecule has 0 saturated heterocycles. The van der Waals surface area contributed by atoms with Crippen LogP contribution < -0.4 is 0 Å². The maximum atomic E-state index is 11.9. The van der Waals surface area contributed by atoms with Gasteiger partial charge in [-0.25, -0.2) is 0 Å². The number of aromatic nitrogens is 2. The van der Waals surface area contributed by atoms with E-state index in [4.69, 9.17) is 11.6 Å². The second-order valence-electron chi connectivity index (χ2n) is 3.49. The number of hydrogen-bond acceptors (Lipinski definition) is 6. The minimum Gasteiger partial charge on any atom is -0.293 e. The Morgan fingerprint density at radius 1 is 1.21 bits per heavy atom. The predicted octanol–water partition coefficient (Wildman–Crippen LogP) is 4.28. The number of thioether (sulfide) groups is 2. The van der Waals surface area contributed by atoms with Crippen LogP contribution in [0.5, 0.6) is 0 Å². The van der Waals surface area contributed by atoms with Gasteiger partial charge in [-0.1, -0.05) is 53.4 Å². The van der Waals surface area contributed by atoms with E-state index in [9.17, 15) is 4.79 Å². The van der Waals surface area contributed by atoms with Gasteiger partial charge in [0.1, 0.15) is 0 Å². The van der Waals surface area contributed by atoms with E-state index < -0.39 is 0 Å². The zero-order valence-corrected chi connectivity index (χ0v) is 13.3. The average molecular weight is 331 g/mol. The largest absolute Gasteiger partial charge is 0.293 e. The Kier molecular flexibility index (Phi) is 5.69. The van der Waals surface area contributed by atoms with Gasteiger partial charge in [0.05, 0.1) is 5.75 Å². The molecule has 0 saturated carbocycles. The van der Waals surface area contributed by atoms with Crippen molar-refractivity contribution in [3.05, 3.63) is 34.9 Å². The van der Waals surface area contributed by atoms with E-state index in [2.05, 4.69) is 17.1 Å². The second-order valence-corrected chi connectivity index (χ2v) is 7.63. The van der Waals surface area contributed by atoms with Gasteiger partial charge in [0.25, 0.3) is 0 Å². The van der Waals surface area contributed by atoms with Gasteiger partial charge < -0.3 is 0 Å². The van der Waals surface area contributed by atoms with Crippen LogP contribution >= 0.6 is 46.5 Å². The minimum atomic E-state index is 0.0709. The summed E-state index contributed by atoms with van der Waals surface area (Å²) in [5.74, 6) is 1.41. The zero-order valence-electron chi connectivity index (χ0n) is 10.1. The first-order valence-electron chi connectivity index (χ1n) is 5.57. The topological polar surface area (TPSA) is 42.9 Å². The van der Waals surface area contributed by atoms with Crippen LogP contribution in [0.25, 0.3) is 0 Å². The third-order valence-corrected chi connectivity index (χ3v) is 5.47. The van der Waals surface area contributed by atoms with Gasteiger partial charge in [-0.05, 0) is 30.0 Å². The third-order valence-electron chi connectivity index (χ3n) is 2.15. The van der Waals surface area contributed by atoms with Gasteiger partial charge in [0.15, 0.2) is 14.5 Å². The van der Waals surface area contributed by atoms with Crippen molar-refractivity contribution in [2.75, 3.05) is 11.5 Å². The lowest BCUT2D eigenvalue weighted by atomic mass is 10.1. The van der Waals surface area contributed by atoms with Crippen molar-refractivity contribution >= 4 is 52.2 Å². The van der Waals surface area contributed by atoms with Crippen LogP contribution in [0.2, 0.25) is 5.02 Å².